The molecule has 14 heteroatoms. The zero-order chi connectivity index (χ0) is 39.7. The lowest BCUT2D eigenvalue weighted by Crippen LogP contribution is -2.19. The van der Waals surface area contributed by atoms with Gasteiger partial charge in [0.15, 0.2) is 0 Å². The minimum absolute atomic E-state index is 0.169. The van der Waals surface area contributed by atoms with Crippen LogP contribution in [0.1, 0.15) is 48.2 Å². The van der Waals surface area contributed by atoms with Crippen LogP contribution in [0.4, 0.5) is 11.4 Å². The second-order valence-electron chi connectivity index (χ2n) is 11.0. The van der Waals surface area contributed by atoms with Crippen LogP contribution in [-0.4, -0.2) is 52.2 Å². The number of benzene rings is 3. The Hall–Kier alpha value is -6.48. The van der Waals surface area contributed by atoms with Crippen molar-refractivity contribution in [3.8, 4) is 0 Å². The number of anilines is 2. The summed E-state index contributed by atoms with van der Waals surface area (Å²) < 4.78 is 9.88. The predicted octanol–water partition coefficient (Wildman–Crippen LogP) is 7.07. The molecule has 6 aromatic rings. The molecule has 0 unspecified atom stereocenters. The first-order valence-electron chi connectivity index (χ1n) is 16.7. The van der Waals surface area contributed by atoms with Crippen LogP contribution >= 0.6 is 15.9 Å². The summed E-state index contributed by atoms with van der Waals surface area (Å²) in [5, 5.41) is 14.9. The van der Waals surface area contributed by atoms with Gasteiger partial charge in [0.1, 0.15) is 17.1 Å². The third-order valence-electron chi connectivity index (χ3n) is 7.14. The van der Waals surface area contributed by atoms with Gasteiger partial charge >= 0.3 is 11.9 Å². The van der Waals surface area contributed by atoms with Gasteiger partial charge in [0, 0.05) is 30.3 Å². The van der Waals surface area contributed by atoms with Crippen LogP contribution in [-0.2, 0) is 29.1 Å². The van der Waals surface area contributed by atoms with Gasteiger partial charge in [-0.2, -0.15) is 0 Å². The van der Waals surface area contributed by atoms with Crippen LogP contribution in [0.15, 0.2) is 150 Å². The highest BCUT2D eigenvalue weighted by molar-refractivity contribution is 9.10. The molecule has 0 aliphatic heterocycles. The first kappa shape index (κ1) is 42.9. The molecule has 0 spiro atoms. The normalized spacial score (nSPS) is 9.62. The van der Waals surface area contributed by atoms with E-state index in [2.05, 4.69) is 51.0 Å². The highest BCUT2D eigenvalue weighted by atomic mass is 79.9. The monoisotopic (exact) mass is 807 g/mol. The van der Waals surface area contributed by atoms with Crippen molar-refractivity contribution < 1.29 is 29.1 Å². The molecule has 0 fully saturated rings. The fraction of sp³-hybridized carbons (Fsp3) is 0.122. The molecule has 0 atom stereocenters. The van der Waals surface area contributed by atoms with Crippen LogP contribution in [0.2, 0.25) is 0 Å². The lowest BCUT2D eigenvalue weighted by molar-refractivity contribution is 0.0585. The Kier molecular flexibility index (Phi) is 19.3. The average molecular weight is 809 g/mol. The Balaban J connectivity index is 0.000000206. The molecule has 0 saturated carbocycles. The minimum atomic E-state index is -0.621. The van der Waals surface area contributed by atoms with E-state index >= 15 is 0 Å². The number of hydrogen-bond donors (Lipinski definition) is 5. The number of pyridine rings is 3. The van der Waals surface area contributed by atoms with Crippen molar-refractivity contribution >= 4 is 45.2 Å². The number of carbonyl (C=O) groups is 3. The molecule has 13 nitrogen and oxygen atoms in total. The van der Waals surface area contributed by atoms with E-state index in [1.54, 1.807) is 48.9 Å². The SMILES string of the molecule is COC(=O)c1ccc(Br)cn1.COC(=O)c1ccc(NCc2ccccc2)cn1.NCc1ccccc1.O=C(NO)c1ccc(NCc2ccccc2)cn1. The van der Waals surface area contributed by atoms with Crippen LogP contribution in [0.5, 0.6) is 0 Å². The highest BCUT2D eigenvalue weighted by Gasteiger charge is 2.07. The molecule has 0 aliphatic rings. The number of hydroxylamine groups is 1. The smallest absolute Gasteiger partial charge is 0.356 e. The van der Waals surface area contributed by atoms with Crippen molar-refractivity contribution in [3.63, 3.8) is 0 Å². The molecule has 6 rings (SSSR count). The van der Waals surface area contributed by atoms with E-state index in [1.165, 1.54) is 30.8 Å². The number of hydrogen-bond acceptors (Lipinski definition) is 12. The minimum Gasteiger partial charge on any atom is -0.464 e. The van der Waals surface area contributed by atoms with Crippen LogP contribution in [0.25, 0.3) is 0 Å². The summed E-state index contributed by atoms with van der Waals surface area (Å²) in [7, 11) is 2.66. The van der Waals surface area contributed by atoms with Gasteiger partial charge in [-0.15, -0.1) is 0 Å². The second-order valence-corrected chi connectivity index (χ2v) is 11.9. The number of methoxy groups -OCH3 is 2. The largest absolute Gasteiger partial charge is 0.464 e. The first-order valence-corrected chi connectivity index (χ1v) is 17.5. The molecule has 0 saturated heterocycles. The van der Waals surface area contributed by atoms with Crippen molar-refractivity contribution in [1.29, 1.82) is 0 Å². The fourth-order valence-corrected chi connectivity index (χ4v) is 4.46. The molecular formula is C41H42BrN7O6. The summed E-state index contributed by atoms with van der Waals surface area (Å²) in [6, 6.07) is 40.1. The molecular weight excluding hydrogens is 766 g/mol. The summed E-state index contributed by atoms with van der Waals surface area (Å²) in [6.07, 6.45) is 4.72. The molecule has 0 bridgehead atoms. The third-order valence-corrected chi connectivity index (χ3v) is 7.60. The number of ether oxygens (including phenoxy) is 2. The van der Waals surface area contributed by atoms with E-state index in [9.17, 15) is 14.4 Å². The van der Waals surface area contributed by atoms with Crippen molar-refractivity contribution in [2.24, 2.45) is 5.73 Å². The van der Waals surface area contributed by atoms with Crippen molar-refractivity contribution in [1.82, 2.24) is 20.4 Å². The topological polar surface area (TPSA) is 191 Å². The average Bonchev–Trinajstić information content (AvgIpc) is 3.26. The molecule has 3 aromatic heterocycles. The Morgan fingerprint density at radius 3 is 1.31 bits per heavy atom. The lowest BCUT2D eigenvalue weighted by Gasteiger charge is -2.06. The summed E-state index contributed by atoms with van der Waals surface area (Å²) >= 11 is 3.20. The molecule has 1 amide bonds. The second kappa shape index (κ2) is 24.7. The van der Waals surface area contributed by atoms with Gasteiger partial charge in [-0.3, -0.25) is 10.0 Å². The number of nitrogens with zero attached hydrogens (tertiary/aromatic N) is 3. The Morgan fingerprint density at radius 1 is 0.582 bits per heavy atom. The molecule has 55 heavy (non-hydrogen) atoms. The van der Waals surface area contributed by atoms with E-state index in [4.69, 9.17) is 10.9 Å². The van der Waals surface area contributed by atoms with Gasteiger partial charge in [0.25, 0.3) is 5.91 Å². The van der Waals surface area contributed by atoms with E-state index < -0.39 is 17.8 Å². The number of nitrogens with one attached hydrogen (secondary N) is 3. The number of amides is 1. The number of esters is 2. The van der Waals surface area contributed by atoms with E-state index in [-0.39, 0.29) is 5.69 Å². The molecule has 6 N–H and O–H groups in total. The summed E-state index contributed by atoms with van der Waals surface area (Å²) in [5.74, 6) is -1.47. The van der Waals surface area contributed by atoms with Crippen molar-refractivity contribution in [2.75, 3.05) is 24.9 Å². The zero-order valence-electron chi connectivity index (χ0n) is 30.3. The van der Waals surface area contributed by atoms with Crippen molar-refractivity contribution in [3.05, 3.63) is 184 Å². The van der Waals surface area contributed by atoms with Crippen LogP contribution in [0.3, 0.4) is 0 Å². The Morgan fingerprint density at radius 2 is 0.982 bits per heavy atom. The number of carbonyl (C=O) groups excluding carboxylic acids is 3. The maximum atomic E-state index is 11.2. The van der Waals surface area contributed by atoms with E-state index in [0.717, 1.165) is 28.0 Å². The van der Waals surface area contributed by atoms with Gasteiger partial charge < -0.3 is 25.8 Å². The van der Waals surface area contributed by atoms with Gasteiger partial charge in [-0.25, -0.2) is 30.0 Å². The lowest BCUT2D eigenvalue weighted by atomic mass is 10.2. The summed E-state index contributed by atoms with van der Waals surface area (Å²) in [4.78, 5) is 44.9. The molecule has 284 valence electrons. The van der Waals surface area contributed by atoms with Crippen LogP contribution in [0, 0.1) is 0 Å². The van der Waals surface area contributed by atoms with E-state index in [0.29, 0.717) is 24.5 Å². The van der Waals surface area contributed by atoms with E-state index in [1.807, 2.05) is 97.1 Å². The fourth-order valence-electron chi connectivity index (χ4n) is 4.23. The summed E-state index contributed by atoms with van der Waals surface area (Å²) in [6.45, 7) is 2.05. The first-order chi connectivity index (χ1) is 26.8. The third kappa shape index (κ3) is 16.4. The Labute approximate surface area is 328 Å². The van der Waals surface area contributed by atoms with Gasteiger partial charge in [0.2, 0.25) is 0 Å². The van der Waals surface area contributed by atoms with Gasteiger partial charge in [-0.05, 0) is 69.0 Å². The number of halogens is 1. The molecule has 3 heterocycles. The molecule has 3 aromatic carbocycles. The number of nitrogens with two attached hydrogens (primary N) is 1. The van der Waals surface area contributed by atoms with Gasteiger partial charge in [-0.1, -0.05) is 91.0 Å². The highest BCUT2D eigenvalue weighted by Crippen LogP contribution is 2.11. The Bertz CT molecular complexity index is 1890. The number of aromatic nitrogens is 3. The quantitative estimate of drug-likeness (QED) is 0.0539. The maximum Gasteiger partial charge on any atom is 0.356 e. The predicted molar refractivity (Wildman–Crippen MR) is 214 cm³/mol. The van der Waals surface area contributed by atoms with Crippen molar-refractivity contribution in [2.45, 2.75) is 19.6 Å². The maximum absolute atomic E-state index is 11.2. The summed E-state index contributed by atoms with van der Waals surface area (Å²) in [5.41, 5.74) is 12.9. The molecule has 0 radical (unpaired) electrons. The van der Waals surface area contributed by atoms with Gasteiger partial charge in [0.05, 0.1) is 38.0 Å². The molecule has 0 aliphatic carbocycles. The standard InChI is InChI=1S/C14H14N2O2.C13H13N3O2.C7H6BrNO2.C7H9N/c1-18-14(17)13-8-7-12(10-16-13)15-9-11-5-3-2-4-6-11;17-13(16-18)12-7-6-11(9-15-12)14-8-10-4-2-1-3-5-10;1-11-7(10)6-3-2-5(8)4-9-6;8-6-7-4-2-1-3-5-7/h2-8,10,15H,9H2,1H3;1-7,9,14,18H,8H2,(H,16,17);2-4H,1H3;1-5H,6,8H2. The number of rotatable bonds is 10. The van der Waals surface area contributed by atoms with Crippen LogP contribution < -0.4 is 21.8 Å². The zero-order valence-corrected chi connectivity index (χ0v) is 31.8.